The lowest BCUT2D eigenvalue weighted by atomic mass is 10.3. The van der Waals surface area contributed by atoms with Crippen LogP contribution in [0, 0.1) is 0 Å². The number of nitrogens with one attached hydrogen (secondary N) is 2. The van der Waals surface area contributed by atoms with Crippen LogP contribution in [0.5, 0.6) is 0 Å². The molecule has 2 amide bonds. The molecule has 1 unspecified atom stereocenters. The Morgan fingerprint density at radius 2 is 2.17 bits per heavy atom. The zero-order valence-electron chi connectivity index (χ0n) is 6.83. The fourth-order valence-electron chi connectivity index (χ4n) is 0.534. The van der Waals surface area contributed by atoms with Gasteiger partial charge >= 0.3 is 0 Å². The van der Waals surface area contributed by atoms with Crippen molar-refractivity contribution in [2.24, 2.45) is 5.73 Å². The molecule has 1 atom stereocenters. The third-order valence-corrected chi connectivity index (χ3v) is 1.16. The van der Waals surface area contributed by atoms with Gasteiger partial charge in [-0.1, -0.05) is 0 Å². The van der Waals surface area contributed by atoms with Crippen LogP contribution in [0.25, 0.3) is 0 Å². The Bertz CT molecular complexity index is 171. The summed E-state index contributed by atoms with van der Waals surface area (Å²) in [7, 11) is 1.62. The quantitative estimate of drug-likeness (QED) is 0.361. The first-order chi connectivity index (χ1) is 5.57. The first kappa shape index (κ1) is 10.9. The lowest BCUT2D eigenvalue weighted by molar-refractivity contribution is -0.126. The molecule has 0 aromatic carbocycles. The molecule has 0 aromatic rings. The van der Waals surface area contributed by atoms with Gasteiger partial charge in [0.25, 0.3) is 0 Å². The maximum absolute atomic E-state index is 10.7. The van der Waals surface area contributed by atoms with E-state index in [1.54, 1.807) is 7.05 Å². The van der Waals surface area contributed by atoms with E-state index in [4.69, 9.17) is 10.8 Å². The number of hydrogen-bond acceptors (Lipinski definition) is 4. The van der Waals surface area contributed by atoms with Crippen LogP contribution in [-0.4, -0.2) is 43.2 Å². The standard InChI is InChI=1S/C6H13N3O3/c1-8-3-5(11)9-2-4(10)6(7)12/h4,8,10H,2-3H2,1H3,(H2,7,12)(H,9,11). The molecule has 0 aromatic heterocycles. The maximum atomic E-state index is 10.7. The van der Waals surface area contributed by atoms with Crippen LogP contribution in [0.2, 0.25) is 0 Å². The number of nitrogens with two attached hydrogens (primary N) is 1. The monoisotopic (exact) mass is 175 g/mol. The third-order valence-electron chi connectivity index (χ3n) is 1.16. The predicted molar refractivity (Wildman–Crippen MR) is 42.1 cm³/mol. The van der Waals surface area contributed by atoms with Crippen LogP contribution < -0.4 is 16.4 Å². The van der Waals surface area contributed by atoms with Crippen LogP contribution in [0.3, 0.4) is 0 Å². The van der Waals surface area contributed by atoms with Crippen molar-refractivity contribution in [1.82, 2.24) is 10.6 Å². The number of rotatable bonds is 5. The molecule has 12 heavy (non-hydrogen) atoms. The first-order valence-corrected chi connectivity index (χ1v) is 3.46. The van der Waals surface area contributed by atoms with Gasteiger partial charge in [-0.2, -0.15) is 0 Å². The molecule has 6 nitrogen and oxygen atoms in total. The second-order valence-corrected chi connectivity index (χ2v) is 2.25. The van der Waals surface area contributed by atoms with Crippen LogP contribution >= 0.6 is 0 Å². The average molecular weight is 175 g/mol. The summed E-state index contributed by atoms with van der Waals surface area (Å²) < 4.78 is 0. The summed E-state index contributed by atoms with van der Waals surface area (Å²) in [6, 6.07) is 0. The Kier molecular flexibility index (Phi) is 4.98. The highest BCUT2D eigenvalue weighted by atomic mass is 16.3. The molecule has 70 valence electrons. The third kappa shape index (κ3) is 4.64. The van der Waals surface area contributed by atoms with Gasteiger partial charge in [0, 0.05) is 0 Å². The van der Waals surface area contributed by atoms with Crippen molar-refractivity contribution >= 4 is 11.8 Å². The number of hydrogen-bond donors (Lipinski definition) is 4. The highest BCUT2D eigenvalue weighted by Gasteiger charge is 2.11. The number of aliphatic hydroxyl groups excluding tert-OH is 1. The minimum absolute atomic E-state index is 0.143. The van der Waals surface area contributed by atoms with E-state index in [0.29, 0.717) is 0 Å². The van der Waals surface area contributed by atoms with Crippen LogP contribution in [-0.2, 0) is 9.59 Å². The predicted octanol–water partition coefficient (Wildman–Crippen LogP) is -2.83. The first-order valence-electron chi connectivity index (χ1n) is 3.46. The second kappa shape index (κ2) is 5.50. The van der Waals surface area contributed by atoms with E-state index < -0.39 is 12.0 Å². The van der Waals surface area contributed by atoms with Gasteiger partial charge in [0.1, 0.15) is 6.10 Å². The average Bonchev–Trinajstić information content (AvgIpc) is 2.00. The summed E-state index contributed by atoms with van der Waals surface area (Å²) in [6.45, 7) is 0.00132. The van der Waals surface area contributed by atoms with E-state index in [1.807, 2.05) is 0 Å². The Morgan fingerprint density at radius 3 is 2.58 bits per heavy atom. The summed E-state index contributed by atoms with van der Waals surface area (Å²) >= 11 is 0. The molecule has 0 bridgehead atoms. The van der Waals surface area contributed by atoms with Gasteiger partial charge in [0.2, 0.25) is 11.8 Å². The molecule has 0 saturated heterocycles. The Morgan fingerprint density at radius 1 is 1.58 bits per heavy atom. The topological polar surface area (TPSA) is 104 Å². The minimum Gasteiger partial charge on any atom is -0.381 e. The van der Waals surface area contributed by atoms with Crippen LogP contribution in [0.4, 0.5) is 0 Å². The summed E-state index contributed by atoms with van der Waals surface area (Å²) in [6.07, 6.45) is -1.31. The Balaban J connectivity index is 3.54. The molecule has 6 heteroatoms. The van der Waals surface area contributed by atoms with Gasteiger partial charge in [-0.15, -0.1) is 0 Å². The number of carbonyl (C=O) groups excluding carboxylic acids is 2. The fraction of sp³-hybridized carbons (Fsp3) is 0.667. The number of amides is 2. The molecule has 0 fully saturated rings. The van der Waals surface area contributed by atoms with Crippen molar-refractivity contribution in [2.75, 3.05) is 20.1 Å². The Labute approximate surface area is 70.1 Å². The van der Waals surface area contributed by atoms with Crippen molar-refractivity contribution in [3.8, 4) is 0 Å². The van der Waals surface area contributed by atoms with E-state index in [9.17, 15) is 9.59 Å². The molecule has 0 aliphatic rings. The van der Waals surface area contributed by atoms with E-state index in [-0.39, 0.29) is 19.0 Å². The van der Waals surface area contributed by atoms with Crippen molar-refractivity contribution in [3.63, 3.8) is 0 Å². The Hall–Kier alpha value is -1.14. The number of carbonyl (C=O) groups is 2. The molecular weight excluding hydrogens is 162 g/mol. The molecular formula is C6H13N3O3. The molecule has 0 rings (SSSR count). The molecule has 0 radical (unpaired) electrons. The molecule has 0 heterocycles. The van der Waals surface area contributed by atoms with Gasteiger partial charge in [-0.05, 0) is 7.05 Å². The van der Waals surface area contributed by atoms with E-state index in [0.717, 1.165) is 0 Å². The van der Waals surface area contributed by atoms with Gasteiger partial charge in [0.05, 0.1) is 13.1 Å². The molecule has 0 spiro atoms. The summed E-state index contributed by atoms with van der Waals surface area (Å²) in [5.41, 5.74) is 4.74. The van der Waals surface area contributed by atoms with Gasteiger partial charge < -0.3 is 21.5 Å². The van der Waals surface area contributed by atoms with Crippen molar-refractivity contribution in [2.45, 2.75) is 6.10 Å². The highest BCUT2D eigenvalue weighted by molar-refractivity contribution is 5.81. The summed E-state index contributed by atoms with van der Waals surface area (Å²) in [4.78, 5) is 21.0. The lowest BCUT2D eigenvalue weighted by Crippen LogP contribution is -2.42. The maximum Gasteiger partial charge on any atom is 0.248 e. The summed E-state index contributed by atoms with van der Waals surface area (Å²) in [5.74, 6) is -1.14. The van der Waals surface area contributed by atoms with Crippen LogP contribution in [0.1, 0.15) is 0 Å². The normalized spacial score (nSPS) is 12.2. The largest absolute Gasteiger partial charge is 0.381 e. The molecule has 0 aliphatic heterocycles. The van der Waals surface area contributed by atoms with Gasteiger partial charge in [0.15, 0.2) is 0 Å². The van der Waals surface area contributed by atoms with Crippen molar-refractivity contribution in [1.29, 1.82) is 0 Å². The zero-order valence-corrected chi connectivity index (χ0v) is 6.83. The summed E-state index contributed by atoms with van der Waals surface area (Å²) in [5, 5.41) is 13.8. The zero-order chi connectivity index (χ0) is 9.56. The van der Waals surface area contributed by atoms with E-state index >= 15 is 0 Å². The number of likely N-dealkylation sites (N-methyl/N-ethyl adjacent to an activating group) is 1. The second-order valence-electron chi connectivity index (χ2n) is 2.25. The van der Waals surface area contributed by atoms with E-state index in [1.165, 1.54) is 0 Å². The SMILES string of the molecule is CNCC(=O)NCC(O)C(N)=O. The van der Waals surface area contributed by atoms with Gasteiger partial charge in [-0.3, -0.25) is 9.59 Å². The molecule has 0 saturated carbocycles. The van der Waals surface area contributed by atoms with E-state index in [2.05, 4.69) is 10.6 Å². The van der Waals surface area contributed by atoms with Crippen molar-refractivity contribution < 1.29 is 14.7 Å². The van der Waals surface area contributed by atoms with Crippen molar-refractivity contribution in [3.05, 3.63) is 0 Å². The lowest BCUT2D eigenvalue weighted by Gasteiger charge is -2.07. The van der Waals surface area contributed by atoms with Gasteiger partial charge in [-0.25, -0.2) is 0 Å². The molecule has 5 N–H and O–H groups in total. The fourth-order valence-corrected chi connectivity index (χ4v) is 0.534. The van der Waals surface area contributed by atoms with Crippen LogP contribution in [0.15, 0.2) is 0 Å². The number of primary amides is 1. The minimum atomic E-state index is -1.31. The smallest absolute Gasteiger partial charge is 0.248 e. The molecule has 0 aliphatic carbocycles. The number of aliphatic hydroxyl groups is 1. The highest BCUT2D eigenvalue weighted by Crippen LogP contribution is 1.76.